The lowest BCUT2D eigenvalue weighted by molar-refractivity contribution is 0.152. The van der Waals surface area contributed by atoms with Crippen molar-refractivity contribution in [3.8, 4) is 0 Å². The Kier molecular flexibility index (Phi) is 4.60. The molecule has 0 saturated carbocycles. The van der Waals surface area contributed by atoms with E-state index in [2.05, 4.69) is 10.1 Å². The van der Waals surface area contributed by atoms with Crippen LogP contribution in [-0.2, 0) is 11.2 Å². The highest BCUT2D eigenvalue weighted by atomic mass is 19.1. The van der Waals surface area contributed by atoms with E-state index in [1.165, 1.54) is 12.1 Å². The number of carbonyl (C=O) groups is 1. The second kappa shape index (κ2) is 6.01. The number of carbonyl (C=O) groups excluding carboxylic acids is 1. The van der Waals surface area contributed by atoms with Gasteiger partial charge < -0.3 is 10.1 Å². The molecular weight excluding hydrogens is 197 g/mol. The fourth-order valence-corrected chi connectivity index (χ4v) is 1.14. The molecule has 1 N–H and O–H groups in total. The zero-order valence-electron chi connectivity index (χ0n) is 8.63. The van der Waals surface area contributed by atoms with Crippen LogP contribution in [0.5, 0.6) is 0 Å². The van der Waals surface area contributed by atoms with Crippen LogP contribution in [0.15, 0.2) is 24.3 Å². The highest BCUT2D eigenvalue weighted by molar-refractivity contribution is 5.67. The van der Waals surface area contributed by atoms with E-state index in [-0.39, 0.29) is 5.82 Å². The van der Waals surface area contributed by atoms with Crippen molar-refractivity contribution < 1.29 is 13.9 Å². The second-order valence-corrected chi connectivity index (χ2v) is 3.02. The molecule has 3 nitrogen and oxygen atoms in total. The topological polar surface area (TPSA) is 38.3 Å². The summed E-state index contributed by atoms with van der Waals surface area (Å²) in [5.74, 6) is -0.253. The number of nitrogens with one attached hydrogen (secondary N) is 1. The van der Waals surface area contributed by atoms with Gasteiger partial charge in [0.2, 0.25) is 0 Å². The molecule has 1 aromatic carbocycles. The summed E-state index contributed by atoms with van der Waals surface area (Å²) in [6.07, 6.45) is 0.249. The minimum Gasteiger partial charge on any atom is -0.450 e. The Morgan fingerprint density at radius 2 is 2.07 bits per heavy atom. The predicted octanol–water partition coefficient (Wildman–Crippen LogP) is 2.11. The normalized spacial score (nSPS) is 9.73. The zero-order chi connectivity index (χ0) is 11.1. The van der Waals surface area contributed by atoms with Crippen LogP contribution in [0.3, 0.4) is 0 Å². The van der Waals surface area contributed by atoms with Crippen LogP contribution in [-0.4, -0.2) is 19.2 Å². The molecule has 0 unspecified atom stereocenters. The van der Waals surface area contributed by atoms with Crippen LogP contribution in [0.4, 0.5) is 9.18 Å². The molecule has 0 saturated heterocycles. The van der Waals surface area contributed by atoms with Gasteiger partial charge in [-0.3, -0.25) is 0 Å². The Morgan fingerprint density at radius 1 is 1.40 bits per heavy atom. The molecule has 0 heterocycles. The lowest BCUT2D eigenvalue weighted by Gasteiger charge is -2.04. The Hall–Kier alpha value is -1.58. The second-order valence-electron chi connectivity index (χ2n) is 3.02. The number of ether oxygens (including phenoxy) is 1. The monoisotopic (exact) mass is 211 g/mol. The highest BCUT2D eigenvalue weighted by Crippen LogP contribution is 2.02. The molecule has 0 spiro atoms. The molecule has 0 aliphatic rings. The molecule has 4 heteroatoms. The van der Waals surface area contributed by atoms with Gasteiger partial charge in [0.15, 0.2) is 0 Å². The van der Waals surface area contributed by atoms with Gasteiger partial charge in [0.1, 0.15) is 5.82 Å². The molecule has 82 valence electrons. The van der Waals surface area contributed by atoms with Gasteiger partial charge in [-0.05, 0) is 31.0 Å². The number of amides is 1. The van der Waals surface area contributed by atoms with E-state index in [0.29, 0.717) is 19.6 Å². The third-order valence-corrected chi connectivity index (χ3v) is 1.87. The minimum absolute atomic E-state index is 0.253. The maximum Gasteiger partial charge on any atom is 0.407 e. The largest absolute Gasteiger partial charge is 0.450 e. The average Bonchev–Trinajstić information content (AvgIpc) is 2.21. The average molecular weight is 211 g/mol. The first-order valence-electron chi connectivity index (χ1n) is 4.87. The Balaban J connectivity index is 2.26. The van der Waals surface area contributed by atoms with Gasteiger partial charge in [0.05, 0.1) is 6.61 Å². The fraction of sp³-hybridized carbons (Fsp3) is 0.364. The van der Waals surface area contributed by atoms with Crippen LogP contribution in [0.1, 0.15) is 12.5 Å². The molecule has 0 atom stereocenters. The number of benzene rings is 1. The Morgan fingerprint density at radius 3 is 2.67 bits per heavy atom. The standard InChI is InChI=1S/C11H14FNO2/c1-2-15-11(14)13-8-7-9-3-5-10(12)6-4-9/h3-6H,2,7-8H2,1H3,(H,13,14). The van der Waals surface area contributed by atoms with Gasteiger partial charge in [-0.25, -0.2) is 9.18 Å². The SMILES string of the molecule is CCOC(=O)NCCc1ccc(F)cc1. The molecule has 0 aromatic heterocycles. The van der Waals surface area contributed by atoms with Crippen LogP contribution in [0.2, 0.25) is 0 Å². The van der Waals surface area contributed by atoms with Crippen molar-refractivity contribution >= 4 is 6.09 Å². The van der Waals surface area contributed by atoms with Crippen molar-refractivity contribution in [1.29, 1.82) is 0 Å². The van der Waals surface area contributed by atoms with Crippen LogP contribution >= 0.6 is 0 Å². The maximum absolute atomic E-state index is 12.5. The van der Waals surface area contributed by atoms with Crippen molar-refractivity contribution in [3.05, 3.63) is 35.6 Å². The van der Waals surface area contributed by atoms with Crippen molar-refractivity contribution in [2.45, 2.75) is 13.3 Å². The number of rotatable bonds is 4. The minimum atomic E-state index is -0.417. The molecule has 1 aromatic rings. The van der Waals surface area contributed by atoms with Gasteiger partial charge in [0.25, 0.3) is 0 Å². The van der Waals surface area contributed by atoms with E-state index in [0.717, 1.165) is 5.56 Å². The molecule has 0 radical (unpaired) electrons. The maximum atomic E-state index is 12.5. The van der Waals surface area contributed by atoms with Crippen molar-refractivity contribution in [1.82, 2.24) is 5.32 Å². The van der Waals surface area contributed by atoms with E-state index in [9.17, 15) is 9.18 Å². The first-order chi connectivity index (χ1) is 7.22. The van der Waals surface area contributed by atoms with E-state index in [1.54, 1.807) is 19.1 Å². The van der Waals surface area contributed by atoms with Crippen LogP contribution in [0.25, 0.3) is 0 Å². The van der Waals surface area contributed by atoms with E-state index >= 15 is 0 Å². The fourth-order valence-electron chi connectivity index (χ4n) is 1.14. The van der Waals surface area contributed by atoms with Crippen molar-refractivity contribution in [2.24, 2.45) is 0 Å². The van der Waals surface area contributed by atoms with E-state index < -0.39 is 6.09 Å². The third-order valence-electron chi connectivity index (χ3n) is 1.87. The molecule has 0 aliphatic carbocycles. The summed E-state index contributed by atoms with van der Waals surface area (Å²) in [6.45, 7) is 2.60. The Bertz CT molecular complexity index is 311. The van der Waals surface area contributed by atoms with Crippen molar-refractivity contribution in [3.63, 3.8) is 0 Å². The smallest absolute Gasteiger partial charge is 0.407 e. The summed E-state index contributed by atoms with van der Waals surface area (Å²) in [4.78, 5) is 10.9. The Labute approximate surface area is 88.2 Å². The third kappa shape index (κ3) is 4.44. The first-order valence-corrected chi connectivity index (χ1v) is 4.87. The van der Waals surface area contributed by atoms with Crippen LogP contribution in [0, 0.1) is 5.82 Å². The van der Waals surface area contributed by atoms with Crippen molar-refractivity contribution in [2.75, 3.05) is 13.2 Å². The predicted molar refractivity (Wildman–Crippen MR) is 55.1 cm³/mol. The molecule has 0 aliphatic heterocycles. The summed E-state index contributed by atoms with van der Waals surface area (Å²) in [5.41, 5.74) is 0.980. The van der Waals surface area contributed by atoms with Gasteiger partial charge in [-0.15, -0.1) is 0 Å². The molecule has 15 heavy (non-hydrogen) atoms. The zero-order valence-corrected chi connectivity index (χ0v) is 8.63. The summed E-state index contributed by atoms with van der Waals surface area (Å²) < 4.78 is 17.2. The molecule has 1 amide bonds. The molecule has 0 bridgehead atoms. The number of alkyl carbamates (subject to hydrolysis) is 1. The quantitative estimate of drug-likeness (QED) is 0.828. The van der Waals surface area contributed by atoms with Gasteiger partial charge in [0, 0.05) is 6.54 Å². The summed E-state index contributed by atoms with van der Waals surface area (Å²) in [5, 5.41) is 2.59. The lowest BCUT2D eigenvalue weighted by Crippen LogP contribution is -2.26. The summed E-state index contributed by atoms with van der Waals surface area (Å²) in [6, 6.07) is 6.20. The summed E-state index contributed by atoms with van der Waals surface area (Å²) in [7, 11) is 0. The molecular formula is C11H14FNO2. The van der Waals surface area contributed by atoms with Gasteiger partial charge >= 0.3 is 6.09 Å². The number of halogens is 1. The van der Waals surface area contributed by atoms with Gasteiger partial charge in [-0.2, -0.15) is 0 Å². The van der Waals surface area contributed by atoms with Crippen LogP contribution < -0.4 is 5.32 Å². The van der Waals surface area contributed by atoms with Gasteiger partial charge in [-0.1, -0.05) is 12.1 Å². The lowest BCUT2D eigenvalue weighted by atomic mass is 10.1. The first kappa shape index (κ1) is 11.5. The summed E-state index contributed by atoms with van der Waals surface area (Å²) >= 11 is 0. The number of hydrogen-bond donors (Lipinski definition) is 1. The highest BCUT2D eigenvalue weighted by Gasteiger charge is 1.99. The molecule has 1 rings (SSSR count). The van der Waals surface area contributed by atoms with E-state index in [4.69, 9.17) is 0 Å². The molecule has 0 fully saturated rings. The number of hydrogen-bond acceptors (Lipinski definition) is 2. The van der Waals surface area contributed by atoms with E-state index in [1.807, 2.05) is 0 Å².